The molecule has 0 fully saturated rings. The maximum atomic E-state index is 6.22. The minimum atomic E-state index is 0.383. The second kappa shape index (κ2) is 14.7. The van der Waals surface area contributed by atoms with Crippen molar-refractivity contribution in [2.45, 2.75) is 0 Å². The molecule has 44 heavy (non-hydrogen) atoms. The number of benzene rings is 4. The topological polar surface area (TPSA) is 91.9 Å². The summed E-state index contributed by atoms with van der Waals surface area (Å²) in [5.41, 5.74) is 3.31. The summed E-state index contributed by atoms with van der Waals surface area (Å²) in [5, 5.41) is 24.7. The Bertz CT molecular complexity index is 1920. The van der Waals surface area contributed by atoms with Crippen LogP contribution in [0.4, 0.5) is 0 Å². The summed E-state index contributed by atoms with van der Waals surface area (Å²) in [5.74, 6) is 1.05. The van der Waals surface area contributed by atoms with Gasteiger partial charge < -0.3 is 0 Å². The van der Waals surface area contributed by atoms with Crippen molar-refractivity contribution in [1.82, 2.24) is 29.7 Å². The van der Waals surface area contributed by atoms with Crippen molar-refractivity contribution in [3.8, 4) is 22.8 Å². The molecule has 4 aromatic carbocycles. The van der Waals surface area contributed by atoms with E-state index in [4.69, 9.17) is 70.8 Å². The quantitative estimate of drug-likeness (QED) is 0.134. The zero-order valence-corrected chi connectivity index (χ0v) is 27.1. The first-order valence-electron chi connectivity index (χ1n) is 12.7. The number of aromatic nitrogens is 6. The molecule has 2 N–H and O–H groups in total. The Balaban J connectivity index is 0.000000175. The molecular formula is C30H20Cl4N8S2. The van der Waals surface area contributed by atoms with Crippen LogP contribution in [-0.2, 0) is 0 Å². The van der Waals surface area contributed by atoms with Gasteiger partial charge in [0, 0.05) is 21.2 Å². The molecular weight excluding hydrogens is 678 g/mol. The third-order valence-electron chi connectivity index (χ3n) is 5.89. The molecule has 0 unspecified atom stereocenters. The Kier molecular flexibility index (Phi) is 10.5. The molecule has 0 aliphatic carbocycles. The molecule has 6 rings (SSSR count). The van der Waals surface area contributed by atoms with Gasteiger partial charge in [-0.3, -0.25) is 0 Å². The number of rotatable bonds is 6. The summed E-state index contributed by atoms with van der Waals surface area (Å²) in [6.45, 7) is 0. The molecule has 0 radical (unpaired) electrons. The lowest BCUT2D eigenvalue weighted by molar-refractivity contribution is 0.871. The molecule has 6 aromatic rings. The number of nitrogens with zero attached hydrogens (tertiary/aromatic N) is 6. The Morgan fingerprint density at radius 1 is 0.568 bits per heavy atom. The van der Waals surface area contributed by atoms with Gasteiger partial charge in [-0.15, -0.1) is 0 Å². The van der Waals surface area contributed by atoms with E-state index in [9.17, 15) is 0 Å². The van der Waals surface area contributed by atoms with Crippen LogP contribution in [-0.4, -0.2) is 42.2 Å². The van der Waals surface area contributed by atoms with E-state index in [0.29, 0.717) is 52.4 Å². The van der Waals surface area contributed by atoms with Crippen LogP contribution in [0.25, 0.3) is 22.8 Å². The van der Waals surface area contributed by atoms with E-state index in [1.54, 1.807) is 48.8 Å². The number of nitrogens with one attached hydrogen (secondary N) is 2. The summed E-state index contributed by atoms with van der Waals surface area (Å²) >= 11 is 34.7. The van der Waals surface area contributed by atoms with Crippen LogP contribution in [0, 0.1) is 9.54 Å². The van der Waals surface area contributed by atoms with Crippen LogP contribution in [0.5, 0.6) is 0 Å². The van der Waals surface area contributed by atoms with Crippen molar-refractivity contribution in [3.63, 3.8) is 0 Å². The van der Waals surface area contributed by atoms with Gasteiger partial charge in [0.2, 0.25) is 9.54 Å². The van der Waals surface area contributed by atoms with Gasteiger partial charge in [-0.25, -0.2) is 10.2 Å². The van der Waals surface area contributed by atoms with Gasteiger partial charge >= 0.3 is 0 Å². The van der Waals surface area contributed by atoms with Gasteiger partial charge in [-0.2, -0.15) is 29.8 Å². The van der Waals surface area contributed by atoms with Gasteiger partial charge in [0.15, 0.2) is 11.6 Å². The Hall–Kier alpha value is -3.90. The number of hydrogen-bond donors (Lipinski definition) is 2. The highest BCUT2D eigenvalue weighted by molar-refractivity contribution is 7.71. The summed E-state index contributed by atoms with van der Waals surface area (Å²) in [4.78, 5) is 0. The fourth-order valence-corrected chi connectivity index (χ4v) is 5.16. The number of H-pyrrole nitrogens is 2. The smallest absolute Gasteiger partial charge is 0.216 e. The van der Waals surface area contributed by atoms with Crippen molar-refractivity contribution in [2.24, 2.45) is 10.2 Å². The highest BCUT2D eigenvalue weighted by Crippen LogP contribution is 2.30. The third-order valence-corrected chi connectivity index (χ3v) is 7.51. The van der Waals surface area contributed by atoms with Crippen molar-refractivity contribution >= 4 is 83.3 Å². The molecule has 0 saturated carbocycles. The zero-order chi connectivity index (χ0) is 31.1. The molecule has 0 amide bonds. The van der Waals surface area contributed by atoms with Gasteiger partial charge in [0.1, 0.15) is 0 Å². The molecule has 0 bridgehead atoms. The standard InChI is InChI=1S/2C15H10Cl2N4S/c2*16-11-6-7-12(13(17)8-11)14-19-20-15(22)21(14)18-9-10-4-2-1-3-5-10/h2*1-9H,(H,20,22). The fourth-order valence-electron chi connectivity index (χ4n) is 3.81. The molecule has 0 saturated heterocycles. The molecule has 14 heteroatoms. The second-order valence-corrected chi connectivity index (χ2v) is 11.3. The average Bonchev–Trinajstić information content (AvgIpc) is 3.57. The fraction of sp³-hybridized carbons (Fsp3) is 0. The number of hydrogen-bond acceptors (Lipinski definition) is 6. The maximum absolute atomic E-state index is 6.22. The zero-order valence-electron chi connectivity index (χ0n) is 22.4. The molecule has 0 atom stereocenters. The Morgan fingerprint density at radius 2 is 0.955 bits per heavy atom. The minimum Gasteiger partial charge on any atom is -0.250 e. The first kappa shape index (κ1) is 31.5. The highest BCUT2D eigenvalue weighted by Gasteiger charge is 2.13. The van der Waals surface area contributed by atoms with Crippen molar-refractivity contribution < 1.29 is 0 Å². The first-order valence-corrected chi connectivity index (χ1v) is 15.1. The minimum absolute atomic E-state index is 0.383. The van der Waals surface area contributed by atoms with E-state index >= 15 is 0 Å². The van der Waals surface area contributed by atoms with E-state index < -0.39 is 0 Å². The Labute approximate surface area is 282 Å². The molecule has 8 nitrogen and oxygen atoms in total. The van der Waals surface area contributed by atoms with Gasteiger partial charge in [0.25, 0.3) is 0 Å². The SMILES string of the molecule is S=c1[nH]nc(-c2ccc(Cl)cc2Cl)n1N=Cc1ccccc1.S=c1[nH]nc(-c2ccc(Cl)cc2Cl)n1N=Cc1ccccc1. The van der Waals surface area contributed by atoms with E-state index in [2.05, 4.69) is 30.6 Å². The predicted molar refractivity (Wildman–Crippen MR) is 185 cm³/mol. The molecule has 2 aromatic heterocycles. The third kappa shape index (κ3) is 7.78. The normalized spacial score (nSPS) is 11.2. The van der Waals surface area contributed by atoms with Crippen LogP contribution in [0.3, 0.4) is 0 Å². The van der Waals surface area contributed by atoms with Gasteiger partial charge in [0.05, 0.1) is 22.5 Å². The van der Waals surface area contributed by atoms with E-state index in [1.165, 1.54) is 9.35 Å². The van der Waals surface area contributed by atoms with E-state index in [-0.39, 0.29) is 0 Å². The van der Waals surface area contributed by atoms with Gasteiger partial charge in [-0.1, -0.05) is 107 Å². The van der Waals surface area contributed by atoms with E-state index in [0.717, 1.165) is 11.1 Å². The molecule has 0 spiro atoms. The molecule has 2 heterocycles. The van der Waals surface area contributed by atoms with Crippen LogP contribution < -0.4 is 0 Å². The lowest BCUT2D eigenvalue weighted by Crippen LogP contribution is -1.95. The largest absolute Gasteiger partial charge is 0.250 e. The molecule has 0 aliphatic heterocycles. The number of halogens is 4. The highest BCUT2D eigenvalue weighted by atomic mass is 35.5. The van der Waals surface area contributed by atoms with E-state index in [1.807, 2.05) is 60.7 Å². The lowest BCUT2D eigenvalue weighted by Gasteiger charge is -2.03. The Morgan fingerprint density at radius 3 is 1.32 bits per heavy atom. The summed E-state index contributed by atoms with van der Waals surface area (Å²) < 4.78 is 3.82. The average molecular weight is 698 g/mol. The van der Waals surface area contributed by atoms with Crippen molar-refractivity contribution in [1.29, 1.82) is 0 Å². The number of aromatic amines is 2. The summed E-state index contributed by atoms with van der Waals surface area (Å²) in [7, 11) is 0. The maximum Gasteiger partial charge on any atom is 0.216 e. The van der Waals surface area contributed by atoms with Crippen LogP contribution in [0.2, 0.25) is 20.1 Å². The monoisotopic (exact) mass is 696 g/mol. The van der Waals surface area contributed by atoms with Crippen LogP contribution in [0.1, 0.15) is 11.1 Å². The predicted octanol–water partition coefficient (Wildman–Crippen LogP) is 9.59. The first-order chi connectivity index (χ1) is 21.3. The van der Waals surface area contributed by atoms with Crippen LogP contribution in [0.15, 0.2) is 107 Å². The lowest BCUT2D eigenvalue weighted by atomic mass is 10.2. The second-order valence-electron chi connectivity index (χ2n) is 8.89. The summed E-state index contributed by atoms with van der Waals surface area (Å²) in [6.07, 6.45) is 3.41. The molecule has 0 aliphatic rings. The van der Waals surface area contributed by atoms with Crippen molar-refractivity contribution in [2.75, 3.05) is 0 Å². The molecule has 220 valence electrons. The van der Waals surface area contributed by atoms with Gasteiger partial charge in [-0.05, 0) is 72.0 Å². The summed E-state index contributed by atoms with van der Waals surface area (Å²) in [6, 6.07) is 29.8. The van der Waals surface area contributed by atoms with Crippen LogP contribution >= 0.6 is 70.8 Å². The van der Waals surface area contributed by atoms with Crippen molar-refractivity contribution in [3.05, 3.63) is 138 Å².